The maximum Gasteiger partial charge on any atom is 0.161 e. The first kappa shape index (κ1) is 9.52. The van der Waals surface area contributed by atoms with E-state index in [1.54, 1.807) is 30.8 Å². The number of halogens is 1. The molecule has 4 heteroatoms. The van der Waals surface area contributed by atoms with E-state index in [-0.39, 0.29) is 5.82 Å². The number of hydrogen-bond donors (Lipinski definition) is 1. The van der Waals surface area contributed by atoms with Gasteiger partial charge in [0.05, 0.1) is 12.2 Å². The Balaban J connectivity index is 2.20. The molecular weight excluding hydrogens is 199 g/mol. The maximum absolute atomic E-state index is 13.5. The molecule has 0 radical (unpaired) electrons. The molecule has 0 saturated carbocycles. The second-order valence-corrected chi connectivity index (χ2v) is 4.18. The number of anilines is 1. The minimum absolute atomic E-state index is 0.192. The van der Waals surface area contributed by atoms with Crippen molar-refractivity contribution in [2.45, 2.75) is 6.92 Å². The summed E-state index contributed by atoms with van der Waals surface area (Å²) in [5, 5.41) is 3.80. The fourth-order valence-electron chi connectivity index (χ4n) is 1.27. The molecule has 0 fully saturated rings. The van der Waals surface area contributed by atoms with E-state index < -0.39 is 0 Å². The number of aryl methyl sites for hydroxylation is 1. The summed E-state index contributed by atoms with van der Waals surface area (Å²) in [4.78, 5) is 4.20. The predicted molar refractivity (Wildman–Crippen MR) is 59.5 cm³/mol. The standard InChI is InChI=1S/C10H11FN2S/c1-7-3-2-4-8(9(7)11)13-10-12-5-6-14-10/h2-4H,5-6H2,1H3,(H,12,13). The van der Waals surface area contributed by atoms with Crippen molar-refractivity contribution in [3.8, 4) is 0 Å². The SMILES string of the molecule is Cc1cccc(NC2=NCCS2)c1F. The molecule has 2 nitrogen and oxygen atoms in total. The van der Waals surface area contributed by atoms with Gasteiger partial charge in [0.1, 0.15) is 5.82 Å². The van der Waals surface area contributed by atoms with Gasteiger partial charge in [0, 0.05) is 5.75 Å². The van der Waals surface area contributed by atoms with Crippen LogP contribution >= 0.6 is 11.8 Å². The van der Waals surface area contributed by atoms with Crippen LogP contribution in [0.5, 0.6) is 0 Å². The van der Waals surface area contributed by atoms with Gasteiger partial charge in [-0.2, -0.15) is 0 Å². The Morgan fingerprint density at radius 3 is 3.07 bits per heavy atom. The Bertz CT molecular complexity index is 376. The zero-order valence-corrected chi connectivity index (χ0v) is 8.70. The van der Waals surface area contributed by atoms with Crippen molar-refractivity contribution in [3.63, 3.8) is 0 Å². The van der Waals surface area contributed by atoms with Gasteiger partial charge in [0.2, 0.25) is 0 Å². The van der Waals surface area contributed by atoms with Crippen LogP contribution in [-0.2, 0) is 0 Å². The second-order valence-electron chi connectivity index (χ2n) is 3.10. The molecule has 1 aromatic rings. The number of nitrogens with one attached hydrogen (secondary N) is 1. The van der Waals surface area contributed by atoms with E-state index in [2.05, 4.69) is 10.3 Å². The zero-order valence-electron chi connectivity index (χ0n) is 7.88. The van der Waals surface area contributed by atoms with E-state index >= 15 is 0 Å². The van der Waals surface area contributed by atoms with Crippen molar-refractivity contribution in [3.05, 3.63) is 29.6 Å². The molecule has 0 amide bonds. The molecule has 1 aliphatic rings. The van der Waals surface area contributed by atoms with Crippen LogP contribution in [0, 0.1) is 12.7 Å². The van der Waals surface area contributed by atoms with Gasteiger partial charge in [0.15, 0.2) is 5.17 Å². The number of aliphatic imine (C=N–C) groups is 1. The third kappa shape index (κ3) is 1.90. The number of hydrogen-bond acceptors (Lipinski definition) is 3. The Morgan fingerprint density at radius 1 is 1.50 bits per heavy atom. The van der Waals surface area contributed by atoms with Crippen LogP contribution in [0.3, 0.4) is 0 Å². The van der Waals surface area contributed by atoms with E-state index in [4.69, 9.17) is 0 Å². The van der Waals surface area contributed by atoms with Crippen molar-refractivity contribution >= 4 is 22.6 Å². The lowest BCUT2D eigenvalue weighted by molar-refractivity contribution is 0.623. The minimum atomic E-state index is -0.192. The monoisotopic (exact) mass is 210 g/mol. The molecule has 14 heavy (non-hydrogen) atoms. The van der Waals surface area contributed by atoms with Crippen molar-refractivity contribution in [1.29, 1.82) is 0 Å². The van der Waals surface area contributed by atoms with Crippen molar-refractivity contribution in [1.82, 2.24) is 0 Å². The highest BCUT2D eigenvalue weighted by Crippen LogP contribution is 2.20. The summed E-state index contributed by atoms with van der Waals surface area (Å²) in [6, 6.07) is 5.31. The number of rotatable bonds is 1. The summed E-state index contributed by atoms with van der Waals surface area (Å²) in [5.74, 6) is 0.790. The van der Waals surface area contributed by atoms with Gasteiger partial charge in [-0.3, -0.25) is 4.99 Å². The molecule has 1 N–H and O–H groups in total. The largest absolute Gasteiger partial charge is 0.333 e. The van der Waals surface area contributed by atoms with Crippen LogP contribution in [0.2, 0.25) is 0 Å². The maximum atomic E-state index is 13.5. The van der Waals surface area contributed by atoms with E-state index in [0.29, 0.717) is 11.3 Å². The third-order valence-electron chi connectivity index (χ3n) is 2.02. The molecule has 0 atom stereocenters. The van der Waals surface area contributed by atoms with Crippen LogP contribution in [-0.4, -0.2) is 17.5 Å². The Kier molecular flexibility index (Phi) is 2.72. The molecule has 0 bridgehead atoms. The van der Waals surface area contributed by atoms with Crippen molar-refractivity contribution < 1.29 is 4.39 Å². The lowest BCUT2D eigenvalue weighted by atomic mass is 10.2. The van der Waals surface area contributed by atoms with Gasteiger partial charge >= 0.3 is 0 Å². The summed E-state index contributed by atoms with van der Waals surface area (Å²) >= 11 is 1.62. The van der Waals surface area contributed by atoms with Gasteiger partial charge in [-0.05, 0) is 18.6 Å². The zero-order chi connectivity index (χ0) is 9.97. The fraction of sp³-hybridized carbons (Fsp3) is 0.300. The van der Waals surface area contributed by atoms with E-state index in [9.17, 15) is 4.39 Å². The van der Waals surface area contributed by atoms with Gasteiger partial charge in [-0.1, -0.05) is 23.9 Å². The van der Waals surface area contributed by atoms with Crippen molar-refractivity contribution in [2.24, 2.45) is 4.99 Å². The first-order chi connectivity index (χ1) is 6.77. The first-order valence-electron chi connectivity index (χ1n) is 4.47. The van der Waals surface area contributed by atoms with Crippen LogP contribution in [0.1, 0.15) is 5.56 Å². The highest BCUT2D eigenvalue weighted by Gasteiger charge is 2.10. The minimum Gasteiger partial charge on any atom is -0.333 e. The Morgan fingerprint density at radius 2 is 2.36 bits per heavy atom. The van der Waals surface area contributed by atoms with Gasteiger partial charge in [0.25, 0.3) is 0 Å². The Hall–Kier alpha value is -1.03. The van der Waals surface area contributed by atoms with Crippen LogP contribution in [0.15, 0.2) is 23.2 Å². The third-order valence-corrected chi connectivity index (χ3v) is 2.91. The summed E-state index contributed by atoms with van der Waals surface area (Å²) in [7, 11) is 0. The summed E-state index contributed by atoms with van der Waals surface area (Å²) < 4.78 is 13.5. The van der Waals surface area contributed by atoms with Crippen LogP contribution in [0.25, 0.3) is 0 Å². The molecule has 0 aromatic heterocycles. The van der Waals surface area contributed by atoms with Crippen molar-refractivity contribution in [2.75, 3.05) is 17.6 Å². The summed E-state index contributed by atoms with van der Waals surface area (Å²) in [5.41, 5.74) is 1.16. The van der Waals surface area contributed by atoms with Crippen LogP contribution in [0.4, 0.5) is 10.1 Å². The average Bonchev–Trinajstić information content (AvgIpc) is 2.66. The fourth-order valence-corrected chi connectivity index (χ4v) is 2.01. The molecule has 0 spiro atoms. The van der Waals surface area contributed by atoms with E-state index in [1.807, 2.05) is 6.07 Å². The number of thioether (sulfide) groups is 1. The van der Waals surface area contributed by atoms with E-state index in [1.165, 1.54) is 0 Å². The van der Waals surface area contributed by atoms with Gasteiger partial charge < -0.3 is 5.32 Å². The Labute approximate surface area is 86.6 Å². The first-order valence-corrected chi connectivity index (χ1v) is 5.45. The lowest BCUT2D eigenvalue weighted by Crippen LogP contribution is -2.07. The molecule has 1 heterocycles. The predicted octanol–water partition coefficient (Wildman–Crippen LogP) is 2.65. The quantitative estimate of drug-likeness (QED) is 0.770. The number of benzene rings is 1. The average molecular weight is 210 g/mol. The number of nitrogens with zero attached hydrogens (tertiary/aromatic N) is 1. The lowest BCUT2D eigenvalue weighted by Gasteiger charge is -2.07. The molecule has 0 aliphatic carbocycles. The molecule has 74 valence electrons. The number of amidine groups is 1. The molecule has 0 unspecified atom stereocenters. The van der Waals surface area contributed by atoms with Gasteiger partial charge in [-0.15, -0.1) is 0 Å². The summed E-state index contributed by atoms with van der Waals surface area (Å²) in [6.45, 7) is 2.57. The highest BCUT2D eigenvalue weighted by molar-refractivity contribution is 8.14. The van der Waals surface area contributed by atoms with Crippen LogP contribution < -0.4 is 5.32 Å². The molecule has 1 aromatic carbocycles. The molecule has 0 saturated heterocycles. The van der Waals surface area contributed by atoms with Gasteiger partial charge in [-0.25, -0.2) is 4.39 Å². The molecule has 1 aliphatic heterocycles. The smallest absolute Gasteiger partial charge is 0.161 e. The normalized spacial score (nSPS) is 15.4. The highest BCUT2D eigenvalue weighted by atomic mass is 32.2. The van der Waals surface area contributed by atoms with E-state index in [0.717, 1.165) is 17.5 Å². The molecular formula is C10H11FN2S. The topological polar surface area (TPSA) is 24.4 Å². The summed E-state index contributed by atoms with van der Waals surface area (Å²) in [6.07, 6.45) is 0. The molecule has 2 rings (SSSR count). The second kappa shape index (κ2) is 4.00.